The highest BCUT2D eigenvalue weighted by Gasteiger charge is 1.91. The first-order valence-corrected chi connectivity index (χ1v) is 5.87. The van der Waals surface area contributed by atoms with Gasteiger partial charge in [0.15, 0.2) is 5.12 Å². The zero-order valence-corrected chi connectivity index (χ0v) is 10.1. The molecule has 0 aromatic carbocycles. The van der Waals surface area contributed by atoms with Crippen LogP contribution in [0.4, 0.5) is 0 Å². The molecule has 0 unspecified atom stereocenters. The van der Waals surface area contributed by atoms with Crippen molar-refractivity contribution in [2.75, 3.05) is 5.75 Å². The standard InChI is InChI=1S/C10H10BrNOS/c1-8(13)14-4-2-3-9-5-10(11)7-12-6-9/h2-3,5-7H,4H2,1H3. The predicted octanol–water partition coefficient (Wildman–Crippen LogP) is 3.14. The molecule has 0 bridgehead atoms. The first-order chi connectivity index (χ1) is 6.68. The van der Waals surface area contributed by atoms with Crippen molar-refractivity contribution in [1.82, 2.24) is 4.98 Å². The number of thioether (sulfide) groups is 1. The number of halogens is 1. The largest absolute Gasteiger partial charge is 0.288 e. The Labute approximate surface area is 95.9 Å². The Morgan fingerprint density at radius 2 is 2.43 bits per heavy atom. The quantitative estimate of drug-likeness (QED) is 0.846. The summed E-state index contributed by atoms with van der Waals surface area (Å²) in [4.78, 5) is 14.6. The molecule has 0 saturated heterocycles. The summed E-state index contributed by atoms with van der Waals surface area (Å²) >= 11 is 4.64. The predicted molar refractivity (Wildman–Crippen MR) is 64.1 cm³/mol. The van der Waals surface area contributed by atoms with Crippen molar-refractivity contribution in [2.45, 2.75) is 6.92 Å². The zero-order valence-electron chi connectivity index (χ0n) is 7.74. The Balaban J connectivity index is 2.47. The first-order valence-electron chi connectivity index (χ1n) is 4.09. The van der Waals surface area contributed by atoms with Gasteiger partial charge in [0.1, 0.15) is 0 Å². The summed E-state index contributed by atoms with van der Waals surface area (Å²) in [7, 11) is 0. The molecule has 0 aliphatic rings. The molecule has 0 N–H and O–H groups in total. The lowest BCUT2D eigenvalue weighted by Crippen LogP contribution is -1.82. The molecule has 0 radical (unpaired) electrons. The summed E-state index contributed by atoms with van der Waals surface area (Å²) in [6, 6.07) is 1.97. The van der Waals surface area contributed by atoms with E-state index in [4.69, 9.17) is 0 Å². The number of nitrogens with zero attached hydrogens (tertiary/aromatic N) is 1. The average Bonchev–Trinajstić information content (AvgIpc) is 2.12. The molecule has 0 spiro atoms. The van der Waals surface area contributed by atoms with Gasteiger partial charge in [-0.15, -0.1) is 0 Å². The first kappa shape index (κ1) is 11.5. The number of hydrogen-bond donors (Lipinski definition) is 0. The van der Waals surface area contributed by atoms with E-state index in [-0.39, 0.29) is 5.12 Å². The van der Waals surface area contributed by atoms with Gasteiger partial charge >= 0.3 is 0 Å². The highest BCUT2D eigenvalue weighted by atomic mass is 79.9. The lowest BCUT2D eigenvalue weighted by atomic mass is 10.3. The molecule has 0 aliphatic heterocycles. The number of hydrogen-bond acceptors (Lipinski definition) is 3. The number of pyridine rings is 1. The minimum atomic E-state index is 0.141. The van der Waals surface area contributed by atoms with Gasteiger partial charge in [-0.3, -0.25) is 9.78 Å². The van der Waals surface area contributed by atoms with Crippen LogP contribution >= 0.6 is 27.7 Å². The van der Waals surface area contributed by atoms with Gasteiger partial charge in [-0.2, -0.15) is 0 Å². The molecular formula is C10H10BrNOS. The number of rotatable bonds is 3. The van der Waals surface area contributed by atoms with Crippen molar-refractivity contribution in [1.29, 1.82) is 0 Å². The third-order valence-electron chi connectivity index (χ3n) is 1.42. The Kier molecular flexibility index (Phi) is 4.90. The van der Waals surface area contributed by atoms with Crippen LogP contribution in [0.2, 0.25) is 0 Å². The molecular weight excluding hydrogens is 262 g/mol. The summed E-state index contributed by atoms with van der Waals surface area (Å²) in [5.74, 6) is 0.710. The van der Waals surface area contributed by atoms with Crippen LogP contribution in [0.1, 0.15) is 12.5 Å². The summed E-state index contributed by atoms with van der Waals surface area (Å²) in [5, 5.41) is 0.141. The van der Waals surface area contributed by atoms with Crippen molar-refractivity contribution in [3.8, 4) is 0 Å². The van der Waals surface area contributed by atoms with Gasteiger partial charge in [-0.25, -0.2) is 0 Å². The van der Waals surface area contributed by atoms with Gasteiger partial charge in [0.25, 0.3) is 0 Å². The molecule has 14 heavy (non-hydrogen) atoms. The fraction of sp³-hybridized carbons (Fsp3) is 0.200. The Hall–Kier alpha value is -0.610. The summed E-state index contributed by atoms with van der Waals surface area (Å²) in [6.07, 6.45) is 7.42. The van der Waals surface area contributed by atoms with Crippen LogP contribution in [0, 0.1) is 0 Å². The van der Waals surface area contributed by atoms with Gasteiger partial charge in [0.2, 0.25) is 0 Å². The Bertz CT molecular complexity index is 352. The maximum absolute atomic E-state index is 10.6. The molecule has 0 atom stereocenters. The lowest BCUT2D eigenvalue weighted by Gasteiger charge is -1.93. The van der Waals surface area contributed by atoms with Crippen molar-refractivity contribution < 1.29 is 4.79 Å². The van der Waals surface area contributed by atoms with E-state index in [0.29, 0.717) is 5.75 Å². The molecule has 0 aliphatic carbocycles. The second-order valence-corrected chi connectivity index (χ2v) is 4.75. The van der Waals surface area contributed by atoms with Crippen molar-refractivity contribution in [3.63, 3.8) is 0 Å². The van der Waals surface area contributed by atoms with E-state index in [1.807, 2.05) is 18.2 Å². The fourth-order valence-corrected chi connectivity index (χ4v) is 1.68. The van der Waals surface area contributed by atoms with E-state index in [9.17, 15) is 4.79 Å². The molecule has 1 aromatic rings. The van der Waals surface area contributed by atoms with Crippen LogP contribution in [0.3, 0.4) is 0 Å². The van der Waals surface area contributed by atoms with Crippen molar-refractivity contribution >= 4 is 38.9 Å². The second kappa shape index (κ2) is 5.98. The molecule has 1 heterocycles. The lowest BCUT2D eigenvalue weighted by molar-refractivity contribution is -0.109. The Morgan fingerprint density at radius 3 is 3.07 bits per heavy atom. The van der Waals surface area contributed by atoms with Crippen LogP contribution in [-0.2, 0) is 4.79 Å². The summed E-state index contributed by atoms with van der Waals surface area (Å²) in [5.41, 5.74) is 1.03. The van der Waals surface area contributed by atoms with Gasteiger partial charge in [-0.05, 0) is 27.6 Å². The van der Waals surface area contributed by atoms with Crippen molar-refractivity contribution in [2.24, 2.45) is 0 Å². The Morgan fingerprint density at radius 1 is 1.64 bits per heavy atom. The highest BCUT2D eigenvalue weighted by Crippen LogP contribution is 2.11. The number of aromatic nitrogens is 1. The van der Waals surface area contributed by atoms with E-state index >= 15 is 0 Å². The topological polar surface area (TPSA) is 30.0 Å². The number of carbonyl (C=O) groups is 1. The van der Waals surface area contributed by atoms with E-state index in [2.05, 4.69) is 20.9 Å². The van der Waals surface area contributed by atoms with Crippen LogP contribution in [0.15, 0.2) is 29.0 Å². The van der Waals surface area contributed by atoms with Crippen molar-refractivity contribution in [3.05, 3.63) is 34.6 Å². The zero-order chi connectivity index (χ0) is 10.4. The SMILES string of the molecule is CC(=O)SCC=Cc1cncc(Br)c1. The maximum atomic E-state index is 10.6. The van der Waals surface area contributed by atoms with Gasteiger partial charge < -0.3 is 0 Å². The summed E-state index contributed by atoms with van der Waals surface area (Å²) in [6.45, 7) is 1.57. The molecule has 1 rings (SSSR count). The molecule has 2 nitrogen and oxygen atoms in total. The van der Waals surface area contributed by atoms with E-state index in [0.717, 1.165) is 10.0 Å². The third kappa shape index (κ3) is 4.58. The second-order valence-electron chi connectivity index (χ2n) is 2.64. The monoisotopic (exact) mass is 271 g/mol. The molecule has 1 aromatic heterocycles. The molecule has 0 fully saturated rings. The van der Waals surface area contributed by atoms with E-state index in [1.54, 1.807) is 19.3 Å². The van der Waals surface area contributed by atoms with Gasteiger partial charge in [-0.1, -0.05) is 23.9 Å². The minimum absolute atomic E-state index is 0.141. The van der Waals surface area contributed by atoms with Crippen LogP contribution < -0.4 is 0 Å². The van der Waals surface area contributed by atoms with Gasteiger partial charge in [0, 0.05) is 29.5 Å². The molecule has 4 heteroatoms. The minimum Gasteiger partial charge on any atom is -0.288 e. The molecule has 0 amide bonds. The van der Waals surface area contributed by atoms with Crippen LogP contribution in [0.5, 0.6) is 0 Å². The van der Waals surface area contributed by atoms with E-state index in [1.165, 1.54) is 11.8 Å². The fourth-order valence-electron chi connectivity index (χ4n) is 0.869. The molecule has 0 saturated carbocycles. The highest BCUT2D eigenvalue weighted by molar-refractivity contribution is 9.10. The van der Waals surface area contributed by atoms with Crippen LogP contribution in [0.25, 0.3) is 6.08 Å². The maximum Gasteiger partial charge on any atom is 0.186 e. The third-order valence-corrected chi connectivity index (χ3v) is 2.62. The smallest absolute Gasteiger partial charge is 0.186 e. The number of carbonyl (C=O) groups excluding carboxylic acids is 1. The average molecular weight is 272 g/mol. The van der Waals surface area contributed by atoms with E-state index < -0.39 is 0 Å². The molecule has 74 valence electrons. The van der Waals surface area contributed by atoms with Gasteiger partial charge in [0.05, 0.1) is 0 Å². The normalized spacial score (nSPS) is 10.7. The van der Waals surface area contributed by atoms with Crippen LogP contribution in [-0.4, -0.2) is 15.9 Å². The summed E-state index contributed by atoms with van der Waals surface area (Å²) < 4.78 is 0.957.